The minimum atomic E-state index is -1.47. The van der Waals surface area contributed by atoms with Crippen LogP contribution in [0.4, 0.5) is 4.79 Å². The van der Waals surface area contributed by atoms with Crippen molar-refractivity contribution >= 4 is 12.1 Å². The van der Waals surface area contributed by atoms with E-state index < -0.39 is 55.4 Å². The van der Waals surface area contributed by atoms with Gasteiger partial charge in [-0.1, -0.05) is 152 Å². The molecule has 0 saturated carbocycles. The minimum Gasteiger partial charge on any atom is -0.480 e. The Labute approximate surface area is 327 Å². The molecule has 5 aromatic carbocycles. The zero-order valence-corrected chi connectivity index (χ0v) is 31.0. The van der Waals surface area contributed by atoms with Crippen LogP contribution in [0.2, 0.25) is 0 Å². The highest BCUT2D eigenvalue weighted by Gasteiger charge is 2.49. The Morgan fingerprint density at radius 1 is 0.536 bits per heavy atom. The smallest absolute Gasteiger partial charge is 0.408 e. The van der Waals surface area contributed by atoms with Crippen molar-refractivity contribution in [2.75, 3.05) is 13.2 Å². The Balaban J connectivity index is 1.26. The summed E-state index contributed by atoms with van der Waals surface area (Å²) < 4.78 is 44.4. The first-order chi connectivity index (χ1) is 27.5. The van der Waals surface area contributed by atoms with E-state index in [4.69, 9.17) is 33.2 Å². The average Bonchev–Trinajstić information content (AvgIpc) is 3.24. The molecule has 0 spiro atoms. The number of carbonyl (C=O) groups excluding carboxylic acids is 1. The van der Waals surface area contributed by atoms with E-state index in [1.165, 1.54) is 0 Å². The molecule has 1 heterocycles. The fraction of sp³-hybridized carbons (Fsp3) is 0.289. The number of carboxylic acids is 1. The fourth-order valence-electron chi connectivity index (χ4n) is 6.15. The maximum atomic E-state index is 12.7. The number of benzene rings is 5. The average molecular weight is 762 g/mol. The summed E-state index contributed by atoms with van der Waals surface area (Å²) in [5.74, 6) is -1.32. The van der Waals surface area contributed by atoms with Gasteiger partial charge in [-0.25, -0.2) is 9.59 Å². The van der Waals surface area contributed by atoms with Crippen molar-refractivity contribution in [1.29, 1.82) is 0 Å². The van der Waals surface area contributed by atoms with E-state index >= 15 is 0 Å². The van der Waals surface area contributed by atoms with Crippen molar-refractivity contribution in [3.8, 4) is 0 Å². The molecular formula is C45H47NO10. The van der Waals surface area contributed by atoms with E-state index in [1.54, 1.807) is 12.1 Å². The van der Waals surface area contributed by atoms with Gasteiger partial charge in [0.2, 0.25) is 0 Å². The standard InChI is InChI=1S/C45H47NO10/c47-43(48)38(46-45(49)55-30-37-24-14-5-15-25-37)31-54-44-42(53-29-36-22-12-4-13-23-36)41(52-28-35-20-10-3-11-21-35)40(51-27-34-18-8-2-9-19-34)39(56-44)32-50-26-33-16-6-1-7-17-33/h1-25,38-42,44H,26-32H2,(H,46,49)(H,47,48)/t38-,39+,40+,41-,42-,44+/m0/s1. The molecule has 6 atom stereocenters. The predicted octanol–water partition coefficient (Wildman–Crippen LogP) is 7.08. The number of hydrogen-bond donors (Lipinski definition) is 2. The lowest BCUT2D eigenvalue weighted by atomic mass is 9.97. The lowest BCUT2D eigenvalue weighted by Gasteiger charge is -2.46. The number of nitrogens with one attached hydrogen (secondary N) is 1. The largest absolute Gasteiger partial charge is 0.480 e. The summed E-state index contributed by atoms with van der Waals surface area (Å²) in [5, 5.41) is 12.5. The number of rotatable bonds is 20. The number of carboxylic acid groups (broad SMARTS) is 1. The summed E-state index contributed by atoms with van der Waals surface area (Å²) in [6.45, 7) is 0.559. The van der Waals surface area contributed by atoms with Crippen LogP contribution in [-0.2, 0) is 71.0 Å². The lowest BCUT2D eigenvalue weighted by molar-refractivity contribution is -0.328. The second-order valence-electron chi connectivity index (χ2n) is 13.3. The third-order valence-corrected chi connectivity index (χ3v) is 9.07. The van der Waals surface area contributed by atoms with Gasteiger partial charge in [-0.3, -0.25) is 0 Å². The zero-order valence-electron chi connectivity index (χ0n) is 31.0. The Kier molecular flexibility index (Phi) is 15.6. The molecule has 1 fully saturated rings. The Bertz CT molecular complexity index is 1870. The van der Waals surface area contributed by atoms with Gasteiger partial charge in [0.25, 0.3) is 0 Å². The Hall–Kier alpha value is -5.40. The van der Waals surface area contributed by atoms with Crippen LogP contribution < -0.4 is 5.32 Å². The molecule has 0 radical (unpaired) electrons. The van der Waals surface area contributed by atoms with Crippen molar-refractivity contribution in [3.63, 3.8) is 0 Å². The zero-order chi connectivity index (χ0) is 38.8. The number of carbonyl (C=O) groups is 2. The molecule has 0 aromatic heterocycles. The van der Waals surface area contributed by atoms with Crippen LogP contribution in [-0.4, -0.2) is 67.1 Å². The minimum absolute atomic E-state index is 0.0313. The van der Waals surface area contributed by atoms with Gasteiger partial charge < -0.3 is 43.6 Å². The highest BCUT2D eigenvalue weighted by molar-refractivity contribution is 5.80. The third kappa shape index (κ3) is 12.6. The van der Waals surface area contributed by atoms with E-state index in [2.05, 4.69) is 5.32 Å². The first-order valence-electron chi connectivity index (χ1n) is 18.6. The molecule has 5 aromatic rings. The topological polar surface area (TPSA) is 131 Å². The summed E-state index contributed by atoms with van der Waals surface area (Å²) in [4.78, 5) is 25.2. The van der Waals surface area contributed by atoms with Gasteiger partial charge in [0.05, 0.1) is 39.6 Å². The van der Waals surface area contributed by atoms with Crippen LogP contribution in [0.15, 0.2) is 152 Å². The second kappa shape index (κ2) is 21.6. The molecule has 11 heteroatoms. The number of alkyl carbamates (subject to hydrolysis) is 1. The highest BCUT2D eigenvalue weighted by atomic mass is 16.7. The fourth-order valence-corrected chi connectivity index (χ4v) is 6.15. The number of aliphatic carboxylic acids is 1. The molecule has 56 heavy (non-hydrogen) atoms. The molecule has 1 aliphatic rings. The molecule has 1 aliphatic heterocycles. The summed E-state index contributed by atoms with van der Waals surface area (Å²) in [7, 11) is 0. The monoisotopic (exact) mass is 761 g/mol. The first-order valence-corrected chi connectivity index (χ1v) is 18.6. The van der Waals surface area contributed by atoms with Gasteiger partial charge in [-0.15, -0.1) is 0 Å². The molecule has 1 saturated heterocycles. The van der Waals surface area contributed by atoms with Gasteiger partial charge in [0, 0.05) is 0 Å². The molecule has 11 nitrogen and oxygen atoms in total. The van der Waals surface area contributed by atoms with E-state index in [9.17, 15) is 14.7 Å². The SMILES string of the molecule is O=C(N[C@@H](CO[C@@H]1O[C@H](COCc2ccccc2)[C@@H](OCc2ccccc2)[C@H](OCc2ccccc2)[C@@H]1OCc1ccccc1)C(=O)O)OCc1ccccc1. The van der Waals surface area contributed by atoms with E-state index in [0.29, 0.717) is 6.61 Å². The first kappa shape index (κ1) is 40.3. The van der Waals surface area contributed by atoms with Crippen molar-refractivity contribution in [2.24, 2.45) is 0 Å². The highest BCUT2D eigenvalue weighted by Crippen LogP contribution is 2.32. The van der Waals surface area contributed by atoms with E-state index in [1.807, 2.05) is 140 Å². The Morgan fingerprint density at radius 3 is 1.41 bits per heavy atom. The molecule has 0 aliphatic carbocycles. The van der Waals surface area contributed by atoms with Gasteiger partial charge in [-0.05, 0) is 27.8 Å². The molecule has 292 valence electrons. The summed E-state index contributed by atoms with van der Waals surface area (Å²) in [5.41, 5.74) is 4.52. The van der Waals surface area contributed by atoms with Gasteiger partial charge in [0.15, 0.2) is 12.3 Å². The number of amides is 1. The second-order valence-corrected chi connectivity index (χ2v) is 13.3. The molecule has 0 bridgehead atoms. The van der Waals surface area contributed by atoms with Crippen molar-refractivity contribution in [2.45, 2.75) is 69.8 Å². The van der Waals surface area contributed by atoms with E-state index in [-0.39, 0.29) is 33.0 Å². The maximum Gasteiger partial charge on any atom is 0.408 e. The number of ether oxygens (including phenoxy) is 7. The summed E-state index contributed by atoms with van der Waals surface area (Å²) in [6.07, 6.45) is -5.21. The van der Waals surface area contributed by atoms with Crippen LogP contribution in [0.1, 0.15) is 27.8 Å². The van der Waals surface area contributed by atoms with Crippen molar-refractivity contribution < 1.29 is 47.9 Å². The predicted molar refractivity (Wildman–Crippen MR) is 207 cm³/mol. The van der Waals surface area contributed by atoms with Gasteiger partial charge in [0.1, 0.15) is 31.0 Å². The number of hydrogen-bond acceptors (Lipinski definition) is 9. The molecule has 0 unspecified atom stereocenters. The van der Waals surface area contributed by atoms with Gasteiger partial charge >= 0.3 is 12.1 Å². The Morgan fingerprint density at radius 2 is 0.946 bits per heavy atom. The van der Waals surface area contributed by atoms with Crippen LogP contribution in [0, 0.1) is 0 Å². The van der Waals surface area contributed by atoms with Gasteiger partial charge in [-0.2, -0.15) is 0 Å². The van der Waals surface area contributed by atoms with Crippen LogP contribution in [0.5, 0.6) is 0 Å². The summed E-state index contributed by atoms with van der Waals surface area (Å²) in [6, 6.07) is 46.5. The van der Waals surface area contributed by atoms with Crippen molar-refractivity contribution in [1.82, 2.24) is 5.32 Å². The molecular weight excluding hydrogens is 714 g/mol. The van der Waals surface area contributed by atoms with Crippen LogP contribution >= 0.6 is 0 Å². The molecule has 1 amide bonds. The normalized spacial score (nSPS) is 19.8. The quantitative estimate of drug-likeness (QED) is 0.0849. The third-order valence-electron chi connectivity index (χ3n) is 9.07. The molecule has 6 rings (SSSR count). The van der Waals surface area contributed by atoms with Crippen LogP contribution in [0.25, 0.3) is 0 Å². The summed E-state index contributed by atoms with van der Waals surface area (Å²) >= 11 is 0. The molecule has 2 N–H and O–H groups in total. The van der Waals surface area contributed by atoms with Crippen LogP contribution in [0.3, 0.4) is 0 Å². The lowest BCUT2D eigenvalue weighted by Crippen LogP contribution is -2.62. The van der Waals surface area contributed by atoms with Crippen molar-refractivity contribution in [3.05, 3.63) is 179 Å². The van der Waals surface area contributed by atoms with E-state index in [0.717, 1.165) is 27.8 Å². The maximum absolute atomic E-state index is 12.7.